The van der Waals surface area contributed by atoms with E-state index in [4.69, 9.17) is 21.9 Å². The number of aromatic nitrogens is 1. The lowest BCUT2D eigenvalue weighted by Crippen LogP contribution is -2.23. The molecule has 5 nitrogen and oxygen atoms in total. The topological polar surface area (TPSA) is 81.2 Å². The Kier molecular flexibility index (Phi) is 3.30. The van der Waals surface area contributed by atoms with Gasteiger partial charge in [-0.05, 0) is 12.1 Å². The van der Waals surface area contributed by atoms with E-state index in [9.17, 15) is 4.79 Å². The Hall–Kier alpha value is -2.01. The first-order valence-electron chi connectivity index (χ1n) is 4.90. The van der Waals surface area contributed by atoms with Crippen LogP contribution in [0, 0.1) is 0 Å². The summed E-state index contributed by atoms with van der Waals surface area (Å²) in [6.07, 6.45) is 1.51. The Morgan fingerprint density at radius 2 is 2.29 bits per heavy atom. The number of nitrogens with one attached hydrogen (secondary N) is 1. The molecule has 88 valence electrons. The maximum atomic E-state index is 11.8. The van der Waals surface area contributed by atoms with Crippen LogP contribution in [0.2, 0.25) is 5.02 Å². The van der Waals surface area contributed by atoms with E-state index < -0.39 is 0 Å². The average Bonchev–Trinajstić information content (AvgIpc) is 2.82. The zero-order chi connectivity index (χ0) is 12.3. The molecule has 1 aromatic carbocycles. The monoisotopic (exact) mass is 251 g/mol. The maximum Gasteiger partial charge on any atom is 0.253 e. The first kappa shape index (κ1) is 11.5. The van der Waals surface area contributed by atoms with Crippen LogP contribution in [-0.4, -0.2) is 11.1 Å². The van der Waals surface area contributed by atoms with E-state index in [0.717, 1.165) is 0 Å². The van der Waals surface area contributed by atoms with Crippen LogP contribution < -0.4 is 11.1 Å². The smallest absolute Gasteiger partial charge is 0.253 e. The van der Waals surface area contributed by atoms with Crippen LogP contribution in [-0.2, 0) is 6.54 Å². The Labute approximate surface area is 103 Å². The Morgan fingerprint density at radius 1 is 1.47 bits per heavy atom. The van der Waals surface area contributed by atoms with Crippen LogP contribution in [0.15, 0.2) is 35.0 Å². The van der Waals surface area contributed by atoms with Gasteiger partial charge in [0.1, 0.15) is 0 Å². The van der Waals surface area contributed by atoms with Crippen molar-refractivity contribution in [2.45, 2.75) is 6.54 Å². The predicted molar refractivity (Wildman–Crippen MR) is 63.5 cm³/mol. The second kappa shape index (κ2) is 4.88. The molecule has 0 aliphatic heterocycles. The van der Waals surface area contributed by atoms with Crippen LogP contribution in [0.25, 0.3) is 0 Å². The van der Waals surface area contributed by atoms with Crippen molar-refractivity contribution in [3.63, 3.8) is 0 Å². The zero-order valence-electron chi connectivity index (χ0n) is 8.81. The van der Waals surface area contributed by atoms with Gasteiger partial charge in [0.25, 0.3) is 5.91 Å². The summed E-state index contributed by atoms with van der Waals surface area (Å²) in [5.74, 6) is 0.264. The van der Waals surface area contributed by atoms with Crippen LogP contribution >= 0.6 is 11.6 Å². The third-order valence-corrected chi connectivity index (χ3v) is 2.54. The summed E-state index contributed by atoms with van der Waals surface area (Å²) in [6.45, 7) is 0.255. The normalized spacial score (nSPS) is 10.2. The number of nitrogens with zero attached hydrogens (tertiary/aromatic N) is 1. The molecule has 0 aliphatic carbocycles. The molecule has 17 heavy (non-hydrogen) atoms. The van der Waals surface area contributed by atoms with Gasteiger partial charge in [-0.25, -0.2) is 0 Å². The van der Waals surface area contributed by atoms with Crippen molar-refractivity contribution < 1.29 is 9.32 Å². The highest BCUT2D eigenvalue weighted by Gasteiger charge is 2.11. The summed E-state index contributed by atoms with van der Waals surface area (Å²) in [5.41, 5.74) is 6.32. The molecule has 1 aromatic heterocycles. The third-order valence-electron chi connectivity index (χ3n) is 2.21. The van der Waals surface area contributed by atoms with E-state index in [1.807, 2.05) is 0 Å². The molecular formula is C11H10ClN3O2. The van der Waals surface area contributed by atoms with Gasteiger partial charge in [-0.3, -0.25) is 4.79 Å². The van der Waals surface area contributed by atoms with Gasteiger partial charge in [0.2, 0.25) is 0 Å². The van der Waals surface area contributed by atoms with Gasteiger partial charge >= 0.3 is 0 Å². The van der Waals surface area contributed by atoms with Crippen molar-refractivity contribution in [1.29, 1.82) is 0 Å². The molecule has 0 fully saturated rings. The summed E-state index contributed by atoms with van der Waals surface area (Å²) in [6, 6.07) is 6.57. The molecule has 0 aliphatic rings. The summed E-state index contributed by atoms with van der Waals surface area (Å²) in [7, 11) is 0. The molecule has 1 amide bonds. The van der Waals surface area contributed by atoms with Crippen molar-refractivity contribution in [3.8, 4) is 0 Å². The number of amides is 1. The van der Waals surface area contributed by atoms with Gasteiger partial charge < -0.3 is 15.6 Å². The van der Waals surface area contributed by atoms with Gasteiger partial charge in [0, 0.05) is 6.07 Å². The summed E-state index contributed by atoms with van der Waals surface area (Å²) in [4.78, 5) is 11.8. The van der Waals surface area contributed by atoms with Crippen LogP contribution in [0.3, 0.4) is 0 Å². The molecular weight excluding hydrogens is 242 g/mol. The molecule has 2 rings (SSSR count). The fourth-order valence-electron chi connectivity index (χ4n) is 1.33. The molecule has 0 saturated carbocycles. The van der Waals surface area contributed by atoms with E-state index in [0.29, 0.717) is 16.3 Å². The van der Waals surface area contributed by atoms with Gasteiger partial charge in [-0.2, -0.15) is 0 Å². The quantitative estimate of drug-likeness (QED) is 0.816. The number of rotatable bonds is 3. The molecule has 0 saturated heterocycles. The number of nitrogens with two attached hydrogens (primary N) is 1. The molecule has 6 heteroatoms. The number of carbonyl (C=O) groups is 1. The van der Waals surface area contributed by atoms with Crippen molar-refractivity contribution >= 4 is 23.2 Å². The van der Waals surface area contributed by atoms with Gasteiger partial charge in [0.15, 0.2) is 5.76 Å². The fourth-order valence-corrected chi connectivity index (χ4v) is 1.51. The minimum Gasteiger partial charge on any atom is -0.397 e. The second-order valence-electron chi connectivity index (χ2n) is 3.36. The molecule has 1 heterocycles. The second-order valence-corrected chi connectivity index (χ2v) is 3.77. The summed E-state index contributed by atoms with van der Waals surface area (Å²) < 4.78 is 4.85. The molecule has 0 atom stereocenters. The van der Waals surface area contributed by atoms with Crippen molar-refractivity contribution in [1.82, 2.24) is 10.5 Å². The van der Waals surface area contributed by atoms with E-state index in [1.54, 1.807) is 24.3 Å². The van der Waals surface area contributed by atoms with Gasteiger partial charge in [-0.1, -0.05) is 22.8 Å². The van der Waals surface area contributed by atoms with E-state index >= 15 is 0 Å². The number of anilines is 1. The van der Waals surface area contributed by atoms with Crippen LogP contribution in [0.4, 0.5) is 5.69 Å². The number of hydrogen-bond acceptors (Lipinski definition) is 4. The molecule has 2 aromatic rings. The highest BCUT2D eigenvalue weighted by atomic mass is 35.5. The number of carbonyl (C=O) groups excluding carboxylic acids is 1. The largest absolute Gasteiger partial charge is 0.397 e. The standard InChI is InChI=1S/C11H10ClN3O2/c12-9-3-1-2-8(10(9)13)11(16)14-6-7-4-5-15-17-7/h1-5H,6,13H2,(H,14,16). The van der Waals surface area contributed by atoms with Crippen LogP contribution in [0.5, 0.6) is 0 Å². The number of para-hydroxylation sites is 1. The van der Waals surface area contributed by atoms with Crippen molar-refractivity contribution in [2.24, 2.45) is 0 Å². The predicted octanol–water partition coefficient (Wildman–Crippen LogP) is 1.84. The molecule has 0 radical (unpaired) electrons. The lowest BCUT2D eigenvalue weighted by Gasteiger charge is -2.06. The Balaban J connectivity index is 2.07. The van der Waals surface area contributed by atoms with Crippen molar-refractivity contribution in [3.05, 3.63) is 46.8 Å². The highest BCUT2D eigenvalue weighted by Crippen LogP contribution is 2.22. The van der Waals surface area contributed by atoms with E-state index in [2.05, 4.69) is 10.5 Å². The Bertz CT molecular complexity index is 526. The van der Waals surface area contributed by atoms with Gasteiger partial charge in [0.05, 0.1) is 29.0 Å². The number of benzene rings is 1. The summed E-state index contributed by atoms with van der Waals surface area (Å²) >= 11 is 5.82. The third kappa shape index (κ3) is 2.57. The molecule has 0 unspecified atom stereocenters. The molecule has 3 N–H and O–H groups in total. The number of halogens is 1. The SMILES string of the molecule is Nc1c(Cl)cccc1C(=O)NCc1ccno1. The zero-order valence-corrected chi connectivity index (χ0v) is 9.57. The average molecular weight is 252 g/mol. The number of hydrogen-bond donors (Lipinski definition) is 2. The molecule has 0 bridgehead atoms. The van der Waals surface area contributed by atoms with E-state index in [-0.39, 0.29) is 18.1 Å². The summed E-state index contributed by atoms with van der Waals surface area (Å²) in [5, 5.41) is 6.55. The Morgan fingerprint density at radius 3 is 3.00 bits per heavy atom. The lowest BCUT2D eigenvalue weighted by atomic mass is 10.1. The minimum atomic E-state index is -0.304. The van der Waals surface area contributed by atoms with E-state index in [1.165, 1.54) is 6.20 Å². The highest BCUT2D eigenvalue weighted by molar-refractivity contribution is 6.33. The first-order valence-corrected chi connectivity index (χ1v) is 5.28. The lowest BCUT2D eigenvalue weighted by molar-refractivity contribution is 0.0948. The van der Waals surface area contributed by atoms with Crippen molar-refractivity contribution in [2.75, 3.05) is 5.73 Å². The molecule has 0 spiro atoms. The number of nitrogen functional groups attached to an aromatic ring is 1. The van der Waals surface area contributed by atoms with Crippen LogP contribution in [0.1, 0.15) is 16.1 Å². The fraction of sp³-hybridized carbons (Fsp3) is 0.0909. The minimum absolute atomic E-state index is 0.255. The first-order chi connectivity index (χ1) is 8.18. The maximum absolute atomic E-state index is 11.8. The van der Waals surface area contributed by atoms with Gasteiger partial charge in [-0.15, -0.1) is 0 Å².